The van der Waals surface area contributed by atoms with Gasteiger partial charge in [0.1, 0.15) is 5.54 Å². The monoisotopic (exact) mass is 235 g/mol. The molecule has 2 N–H and O–H groups in total. The molecule has 2 rings (SSSR count). The van der Waals surface area contributed by atoms with Crippen LogP contribution in [0, 0.1) is 11.3 Å². The molecule has 0 atom stereocenters. The molecule has 96 valence electrons. The van der Waals surface area contributed by atoms with E-state index >= 15 is 0 Å². The Morgan fingerprint density at radius 1 is 1.06 bits per heavy atom. The Morgan fingerprint density at radius 3 is 2.12 bits per heavy atom. The van der Waals surface area contributed by atoms with Gasteiger partial charge in [-0.2, -0.15) is 5.26 Å². The molecule has 3 nitrogen and oxygen atoms in total. The number of nitrogens with two attached hydrogens (primary N) is 1. The first kappa shape index (κ1) is 12.9. The Balaban J connectivity index is 1.85. The largest absolute Gasteiger partial charge is 0.313 e. The number of hydrogen-bond donors (Lipinski definition) is 1. The average molecular weight is 235 g/mol. The highest BCUT2D eigenvalue weighted by atomic mass is 15.2. The van der Waals surface area contributed by atoms with Crippen LogP contribution in [0.3, 0.4) is 0 Å². The zero-order valence-corrected chi connectivity index (χ0v) is 11.0. The smallest absolute Gasteiger partial charge is 0.104 e. The second kappa shape index (κ2) is 5.37. The van der Waals surface area contributed by atoms with Crippen molar-refractivity contribution in [3.05, 3.63) is 0 Å². The molecular formula is C14H25N3. The minimum absolute atomic E-state index is 0.538. The molecule has 0 amide bonds. The minimum Gasteiger partial charge on any atom is -0.313 e. The van der Waals surface area contributed by atoms with Gasteiger partial charge in [0.05, 0.1) is 6.07 Å². The van der Waals surface area contributed by atoms with Gasteiger partial charge < -0.3 is 10.6 Å². The highest BCUT2D eigenvalue weighted by Gasteiger charge is 2.34. The first-order chi connectivity index (χ1) is 8.14. The Kier molecular flexibility index (Phi) is 4.06. The lowest BCUT2D eigenvalue weighted by atomic mass is 9.80. The van der Waals surface area contributed by atoms with Crippen LogP contribution >= 0.6 is 0 Å². The molecule has 3 heteroatoms. The molecule has 2 fully saturated rings. The summed E-state index contributed by atoms with van der Waals surface area (Å²) in [6.45, 7) is 0. The Labute approximate surface area is 105 Å². The van der Waals surface area contributed by atoms with Crippen LogP contribution in [0.25, 0.3) is 0 Å². The van der Waals surface area contributed by atoms with E-state index in [9.17, 15) is 0 Å². The lowest BCUT2D eigenvalue weighted by Crippen LogP contribution is -2.49. The quantitative estimate of drug-likeness (QED) is 0.799. The molecule has 0 bridgehead atoms. The average Bonchev–Trinajstić information content (AvgIpc) is 2.40. The lowest BCUT2D eigenvalue weighted by Gasteiger charge is -2.41. The molecule has 0 heterocycles. The van der Waals surface area contributed by atoms with E-state index in [1.54, 1.807) is 0 Å². The van der Waals surface area contributed by atoms with Crippen molar-refractivity contribution in [2.45, 2.75) is 75.4 Å². The molecule has 0 radical (unpaired) electrons. The Bertz CT molecular complexity index is 280. The fraction of sp³-hybridized carbons (Fsp3) is 0.929. The van der Waals surface area contributed by atoms with E-state index in [1.807, 2.05) is 0 Å². The second-order valence-electron chi connectivity index (χ2n) is 5.96. The van der Waals surface area contributed by atoms with Gasteiger partial charge in [0.15, 0.2) is 0 Å². The van der Waals surface area contributed by atoms with E-state index in [0.717, 1.165) is 31.7 Å². The van der Waals surface area contributed by atoms with Crippen molar-refractivity contribution in [2.24, 2.45) is 5.73 Å². The number of hydrogen-bond acceptors (Lipinski definition) is 3. The molecule has 0 aromatic rings. The number of nitrogens with zero attached hydrogens (tertiary/aromatic N) is 2. The van der Waals surface area contributed by atoms with Crippen LogP contribution in [0.2, 0.25) is 0 Å². The van der Waals surface area contributed by atoms with Crippen LogP contribution in [-0.2, 0) is 0 Å². The van der Waals surface area contributed by atoms with Crippen LogP contribution in [0.5, 0.6) is 0 Å². The maximum Gasteiger partial charge on any atom is 0.104 e. The van der Waals surface area contributed by atoms with Gasteiger partial charge in [-0.05, 0) is 45.6 Å². The maximum atomic E-state index is 9.04. The third-order valence-corrected chi connectivity index (χ3v) is 4.80. The topological polar surface area (TPSA) is 53.0 Å². The standard InChI is InChI=1S/C14H25N3/c1-17(12-5-3-2-4-6-12)13-7-9-14(16,11-15)10-8-13/h12-13H,2-10,16H2,1H3. The predicted octanol–water partition coefficient (Wildman–Crippen LogP) is 2.41. The van der Waals surface area contributed by atoms with Gasteiger partial charge in [0.2, 0.25) is 0 Å². The summed E-state index contributed by atoms with van der Waals surface area (Å²) in [5.74, 6) is 0. The molecule has 0 saturated heterocycles. The van der Waals surface area contributed by atoms with Crippen molar-refractivity contribution in [1.29, 1.82) is 5.26 Å². The second-order valence-corrected chi connectivity index (χ2v) is 5.96. The van der Waals surface area contributed by atoms with Crippen molar-refractivity contribution < 1.29 is 0 Å². The molecule has 0 spiro atoms. The highest BCUT2D eigenvalue weighted by molar-refractivity contribution is 5.07. The third-order valence-electron chi connectivity index (χ3n) is 4.80. The summed E-state index contributed by atoms with van der Waals surface area (Å²) in [4.78, 5) is 2.58. The highest BCUT2D eigenvalue weighted by Crippen LogP contribution is 2.31. The van der Waals surface area contributed by atoms with Gasteiger partial charge >= 0.3 is 0 Å². The van der Waals surface area contributed by atoms with Crippen molar-refractivity contribution >= 4 is 0 Å². The third kappa shape index (κ3) is 3.00. The minimum atomic E-state index is -0.538. The summed E-state index contributed by atoms with van der Waals surface area (Å²) in [7, 11) is 2.27. The van der Waals surface area contributed by atoms with E-state index in [-0.39, 0.29) is 0 Å². The van der Waals surface area contributed by atoms with Gasteiger partial charge in [-0.25, -0.2) is 0 Å². The predicted molar refractivity (Wildman–Crippen MR) is 69.4 cm³/mol. The molecule has 0 unspecified atom stereocenters. The lowest BCUT2D eigenvalue weighted by molar-refractivity contribution is 0.0992. The fourth-order valence-electron chi connectivity index (χ4n) is 3.42. The van der Waals surface area contributed by atoms with Crippen molar-refractivity contribution in [3.8, 4) is 6.07 Å². The Morgan fingerprint density at radius 2 is 1.59 bits per heavy atom. The molecule has 17 heavy (non-hydrogen) atoms. The molecule has 2 aliphatic rings. The number of rotatable bonds is 2. The normalized spacial score (nSPS) is 35.8. The van der Waals surface area contributed by atoms with E-state index in [2.05, 4.69) is 18.0 Å². The molecular weight excluding hydrogens is 210 g/mol. The van der Waals surface area contributed by atoms with E-state index in [1.165, 1.54) is 32.1 Å². The van der Waals surface area contributed by atoms with Gasteiger partial charge in [0, 0.05) is 12.1 Å². The Hall–Kier alpha value is -0.590. The molecule has 0 aliphatic heterocycles. The molecule has 0 aromatic carbocycles. The zero-order chi connectivity index (χ0) is 12.3. The van der Waals surface area contributed by atoms with E-state index < -0.39 is 5.54 Å². The van der Waals surface area contributed by atoms with Gasteiger partial charge in [-0.15, -0.1) is 0 Å². The summed E-state index contributed by atoms with van der Waals surface area (Å²) in [5, 5.41) is 9.04. The van der Waals surface area contributed by atoms with Crippen LogP contribution in [-0.4, -0.2) is 29.6 Å². The van der Waals surface area contributed by atoms with Gasteiger partial charge in [-0.1, -0.05) is 19.3 Å². The molecule has 2 saturated carbocycles. The molecule has 0 aromatic heterocycles. The van der Waals surface area contributed by atoms with Gasteiger partial charge in [0.25, 0.3) is 0 Å². The van der Waals surface area contributed by atoms with Crippen molar-refractivity contribution in [1.82, 2.24) is 4.90 Å². The first-order valence-corrected chi connectivity index (χ1v) is 7.07. The van der Waals surface area contributed by atoms with Crippen molar-refractivity contribution in [3.63, 3.8) is 0 Å². The molecule has 2 aliphatic carbocycles. The summed E-state index contributed by atoms with van der Waals surface area (Å²) < 4.78 is 0. The van der Waals surface area contributed by atoms with Crippen LogP contribution < -0.4 is 5.73 Å². The summed E-state index contributed by atoms with van der Waals surface area (Å²) in [6, 6.07) is 3.71. The van der Waals surface area contributed by atoms with Crippen LogP contribution in [0.4, 0.5) is 0 Å². The van der Waals surface area contributed by atoms with Gasteiger partial charge in [-0.3, -0.25) is 0 Å². The maximum absolute atomic E-state index is 9.04. The van der Waals surface area contributed by atoms with Crippen LogP contribution in [0.1, 0.15) is 57.8 Å². The van der Waals surface area contributed by atoms with E-state index in [0.29, 0.717) is 6.04 Å². The first-order valence-electron chi connectivity index (χ1n) is 7.07. The summed E-state index contributed by atoms with van der Waals surface area (Å²) >= 11 is 0. The number of nitriles is 1. The summed E-state index contributed by atoms with van der Waals surface area (Å²) in [5.41, 5.74) is 5.48. The SMILES string of the molecule is CN(C1CCCCC1)C1CCC(N)(C#N)CC1. The van der Waals surface area contributed by atoms with E-state index in [4.69, 9.17) is 11.0 Å². The summed E-state index contributed by atoms with van der Waals surface area (Å²) in [6.07, 6.45) is 10.8. The zero-order valence-electron chi connectivity index (χ0n) is 11.0. The fourth-order valence-corrected chi connectivity index (χ4v) is 3.42. The van der Waals surface area contributed by atoms with Crippen LogP contribution in [0.15, 0.2) is 0 Å². The van der Waals surface area contributed by atoms with Crippen molar-refractivity contribution in [2.75, 3.05) is 7.05 Å².